The van der Waals surface area contributed by atoms with E-state index in [0.29, 0.717) is 17.6 Å². The predicted octanol–water partition coefficient (Wildman–Crippen LogP) is 0.951. The van der Waals surface area contributed by atoms with Gasteiger partial charge in [0.05, 0.1) is 0 Å². The van der Waals surface area contributed by atoms with Gasteiger partial charge in [0.1, 0.15) is 0 Å². The Morgan fingerprint density at radius 2 is 2.38 bits per heavy atom. The van der Waals surface area contributed by atoms with E-state index >= 15 is 0 Å². The van der Waals surface area contributed by atoms with E-state index < -0.39 is 0 Å². The fraction of sp³-hybridized carbons (Fsp3) is 0.909. The van der Waals surface area contributed by atoms with Gasteiger partial charge in [-0.05, 0) is 25.4 Å². The Labute approximate surface area is 106 Å². The first-order valence-corrected chi connectivity index (χ1v) is 8.21. The monoisotopic (exact) mass is 260 g/mol. The summed E-state index contributed by atoms with van der Waals surface area (Å²) in [7, 11) is 0. The Morgan fingerprint density at radius 3 is 3.06 bits per heavy atom. The van der Waals surface area contributed by atoms with Crippen LogP contribution >= 0.6 is 23.5 Å². The van der Waals surface area contributed by atoms with Gasteiger partial charge in [0.2, 0.25) is 5.91 Å². The highest BCUT2D eigenvalue weighted by atomic mass is 32.2. The van der Waals surface area contributed by atoms with Crippen molar-refractivity contribution in [3.05, 3.63) is 0 Å². The standard InChI is InChI=1S/C11H20N2OS2/c14-11(5-9-1-2-12-6-9)13-7-10-8-15-3-4-16-10/h9-10,12H,1-8H2,(H,13,14). The third-order valence-electron chi connectivity index (χ3n) is 3.05. The van der Waals surface area contributed by atoms with Gasteiger partial charge in [-0.2, -0.15) is 23.5 Å². The first-order valence-electron chi connectivity index (χ1n) is 6.01. The molecule has 2 N–H and O–H groups in total. The Hall–Kier alpha value is 0.130. The molecule has 5 heteroatoms. The van der Waals surface area contributed by atoms with Crippen LogP contribution in [-0.2, 0) is 4.79 Å². The summed E-state index contributed by atoms with van der Waals surface area (Å²) in [5.74, 6) is 4.49. The SMILES string of the molecule is O=C(CC1CCNC1)NCC1CSCCS1. The molecule has 0 spiro atoms. The fourth-order valence-corrected chi connectivity index (χ4v) is 4.72. The lowest BCUT2D eigenvalue weighted by molar-refractivity contribution is -0.121. The molecular weight excluding hydrogens is 240 g/mol. The molecule has 2 unspecified atom stereocenters. The summed E-state index contributed by atoms with van der Waals surface area (Å²) in [4.78, 5) is 11.7. The Morgan fingerprint density at radius 1 is 1.44 bits per heavy atom. The molecule has 0 bridgehead atoms. The normalized spacial score (nSPS) is 30.2. The maximum atomic E-state index is 11.7. The molecule has 0 radical (unpaired) electrons. The van der Waals surface area contributed by atoms with Crippen LogP contribution in [0.3, 0.4) is 0 Å². The van der Waals surface area contributed by atoms with E-state index in [1.165, 1.54) is 17.3 Å². The largest absolute Gasteiger partial charge is 0.355 e. The van der Waals surface area contributed by atoms with E-state index in [0.717, 1.165) is 26.1 Å². The molecule has 16 heavy (non-hydrogen) atoms. The summed E-state index contributed by atoms with van der Waals surface area (Å²) >= 11 is 4.01. The van der Waals surface area contributed by atoms with Crippen LogP contribution in [0, 0.1) is 5.92 Å². The second-order valence-corrected chi connectivity index (χ2v) is 6.99. The quantitative estimate of drug-likeness (QED) is 0.790. The van der Waals surface area contributed by atoms with E-state index in [1.807, 2.05) is 23.5 Å². The summed E-state index contributed by atoms with van der Waals surface area (Å²) < 4.78 is 0. The number of carbonyl (C=O) groups is 1. The van der Waals surface area contributed by atoms with E-state index in [-0.39, 0.29) is 5.91 Å². The van der Waals surface area contributed by atoms with Crippen LogP contribution in [0.5, 0.6) is 0 Å². The van der Waals surface area contributed by atoms with Gasteiger partial charge in [-0.3, -0.25) is 4.79 Å². The summed E-state index contributed by atoms with van der Waals surface area (Å²) in [6.07, 6.45) is 1.86. The van der Waals surface area contributed by atoms with Crippen LogP contribution in [0.4, 0.5) is 0 Å². The van der Waals surface area contributed by atoms with E-state index in [4.69, 9.17) is 0 Å². The maximum Gasteiger partial charge on any atom is 0.220 e. The van der Waals surface area contributed by atoms with Crippen molar-refractivity contribution < 1.29 is 4.79 Å². The van der Waals surface area contributed by atoms with Gasteiger partial charge in [0.15, 0.2) is 0 Å². The van der Waals surface area contributed by atoms with Crippen LogP contribution in [0.1, 0.15) is 12.8 Å². The van der Waals surface area contributed by atoms with Gasteiger partial charge in [0.25, 0.3) is 0 Å². The zero-order chi connectivity index (χ0) is 11.2. The highest BCUT2D eigenvalue weighted by Crippen LogP contribution is 2.23. The molecule has 0 aliphatic carbocycles. The molecule has 2 rings (SSSR count). The van der Waals surface area contributed by atoms with Crippen molar-refractivity contribution in [2.24, 2.45) is 5.92 Å². The minimum atomic E-state index is 0.241. The van der Waals surface area contributed by atoms with Crippen LogP contribution < -0.4 is 10.6 Å². The molecule has 3 nitrogen and oxygen atoms in total. The summed E-state index contributed by atoms with van der Waals surface area (Å²) in [5, 5.41) is 7.00. The van der Waals surface area contributed by atoms with Crippen molar-refractivity contribution in [3.8, 4) is 0 Å². The molecule has 0 aromatic carbocycles. The fourth-order valence-electron chi connectivity index (χ4n) is 2.11. The molecule has 2 saturated heterocycles. The molecule has 0 aromatic heterocycles. The van der Waals surface area contributed by atoms with Crippen LogP contribution in [0.2, 0.25) is 0 Å². The molecule has 0 saturated carbocycles. The second kappa shape index (κ2) is 6.77. The number of nitrogens with one attached hydrogen (secondary N) is 2. The number of rotatable bonds is 4. The molecule has 2 fully saturated rings. The van der Waals surface area contributed by atoms with Gasteiger partial charge in [-0.1, -0.05) is 0 Å². The first-order chi connectivity index (χ1) is 7.84. The van der Waals surface area contributed by atoms with Gasteiger partial charge in [-0.25, -0.2) is 0 Å². The first kappa shape index (κ1) is 12.6. The minimum Gasteiger partial charge on any atom is -0.355 e. The Balaban J connectivity index is 1.59. The van der Waals surface area contributed by atoms with Crippen molar-refractivity contribution in [1.82, 2.24) is 10.6 Å². The number of carbonyl (C=O) groups excluding carboxylic acids is 1. The predicted molar refractivity (Wildman–Crippen MR) is 72.2 cm³/mol. The average Bonchev–Trinajstić information content (AvgIpc) is 2.81. The van der Waals surface area contributed by atoms with E-state index in [2.05, 4.69) is 10.6 Å². The molecular formula is C11H20N2OS2. The molecule has 2 aliphatic rings. The van der Waals surface area contributed by atoms with Crippen molar-refractivity contribution >= 4 is 29.4 Å². The van der Waals surface area contributed by atoms with Crippen LogP contribution in [0.15, 0.2) is 0 Å². The summed E-state index contributed by atoms with van der Waals surface area (Å²) in [6.45, 7) is 2.95. The smallest absolute Gasteiger partial charge is 0.220 e. The number of amides is 1. The van der Waals surface area contributed by atoms with Gasteiger partial charge in [-0.15, -0.1) is 0 Å². The maximum absolute atomic E-state index is 11.7. The van der Waals surface area contributed by atoms with Crippen molar-refractivity contribution in [1.29, 1.82) is 0 Å². The highest BCUT2D eigenvalue weighted by Gasteiger charge is 2.19. The summed E-state index contributed by atoms with van der Waals surface area (Å²) in [6, 6.07) is 0. The molecule has 2 aliphatic heterocycles. The summed E-state index contributed by atoms with van der Waals surface area (Å²) in [5.41, 5.74) is 0. The van der Waals surface area contributed by atoms with Gasteiger partial charge < -0.3 is 10.6 Å². The zero-order valence-electron chi connectivity index (χ0n) is 9.54. The molecule has 1 amide bonds. The lowest BCUT2D eigenvalue weighted by atomic mass is 10.0. The number of thioether (sulfide) groups is 2. The second-order valence-electron chi connectivity index (χ2n) is 4.43. The van der Waals surface area contributed by atoms with Crippen molar-refractivity contribution in [2.45, 2.75) is 18.1 Å². The number of hydrogen-bond acceptors (Lipinski definition) is 4. The van der Waals surface area contributed by atoms with Gasteiger partial charge >= 0.3 is 0 Å². The lowest BCUT2D eigenvalue weighted by Gasteiger charge is -2.21. The van der Waals surface area contributed by atoms with Crippen molar-refractivity contribution in [3.63, 3.8) is 0 Å². The minimum absolute atomic E-state index is 0.241. The van der Waals surface area contributed by atoms with E-state index in [1.54, 1.807) is 0 Å². The third kappa shape index (κ3) is 4.18. The van der Waals surface area contributed by atoms with Gasteiger partial charge in [0, 0.05) is 35.5 Å². The third-order valence-corrected chi connectivity index (χ3v) is 5.89. The molecule has 2 atom stereocenters. The van der Waals surface area contributed by atoms with E-state index in [9.17, 15) is 4.79 Å². The molecule has 0 aromatic rings. The van der Waals surface area contributed by atoms with Crippen LogP contribution in [0.25, 0.3) is 0 Å². The molecule has 2 heterocycles. The highest BCUT2D eigenvalue weighted by molar-refractivity contribution is 8.06. The zero-order valence-corrected chi connectivity index (χ0v) is 11.2. The lowest BCUT2D eigenvalue weighted by Crippen LogP contribution is -2.34. The Kier molecular flexibility index (Phi) is 5.32. The van der Waals surface area contributed by atoms with Crippen molar-refractivity contribution in [2.75, 3.05) is 36.9 Å². The number of hydrogen-bond donors (Lipinski definition) is 2. The average molecular weight is 260 g/mol. The van der Waals surface area contributed by atoms with Crippen LogP contribution in [-0.4, -0.2) is 48.0 Å². The topological polar surface area (TPSA) is 41.1 Å². The Bertz CT molecular complexity index is 226. The molecule has 92 valence electrons.